The molecule has 2 N–H and O–H groups in total. The number of hydrogen-bond donors (Lipinski definition) is 2. The van der Waals surface area contributed by atoms with Gasteiger partial charge in [0.2, 0.25) is 0 Å². The molecule has 0 unspecified atom stereocenters. The van der Waals surface area contributed by atoms with E-state index in [1.165, 1.54) is 12.1 Å². The smallest absolute Gasteiger partial charge is 0.335 e. The number of hydrogen-bond acceptors (Lipinski definition) is 3. The molecular formula is C19H23NO4S. The summed E-state index contributed by atoms with van der Waals surface area (Å²) in [6, 6.07) is 11.4. The van der Waals surface area contributed by atoms with Crippen LogP contribution in [-0.2, 0) is 10.0 Å². The minimum absolute atomic E-state index is 0.000888. The van der Waals surface area contributed by atoms with E-state index in [2.05, 4.69) is 4.72 Å². The lowest BCUT2D eigenvalue weighted by molar-refractivity contribution is 0.0696. The van der Waals surface area contributed by atoms with Crippen LogP contribution in [0.4, 0.5) is 5.69 Å². The van der Waals surface area contributed by atoms with Gasteiger partial charge in [-0.15, -0.1) is 0 Å². The average molecular weight is 361 g/mol. The van der Waals surface area contributed by atoms with Crippen LogP contribution in [0.5, 0.6) is 0 Å². The zero-order valence-electron chi connectivity index (χ0n) is 14.8. The van der Waals surface area contributed by atoms with Crippen LogP contribution in [0.2, 0.25) is 0 Å². The van der Waals surface area contributed by atoms with E-state index in [-0.39, 0.29) is 22.3 Å². The zero-order valence-corrected chi connectivity index (χ0v) is 15.6. The van der Waals surface area contributed by atoms with E-state index in [9.17, 15) is 18.3 Å². The molecule has 2 rings (SSSR count). The number of carboxylic acids is 1. The van der Waals surface area contributed by atoms with E-state index in [1.807, 2.05) is 39.8 Å². The number of para-hydroxylation sites is 1. The SMILES string of the molecule is CC(C)c1ccccc1NS(=O)(=O)c1cc(C(=O)O)ccc1C(C)C. The summed E-state index contributed by atoms with van der Waals surface area (Å²) >= 11 is 0. The minimum atomic E-state index is -3.91. The maximum Gasteiger partial charge on any atom is 0.335 e. The summed E-state index contributed by atoms with van der Waals surface area (Å²) in [6.07, 6.45) is 0. The van der Waals surface area contributed by atoms with Crippen LogP contribution in [0.3, 0.4) is 0 Å². The van der Waals surface area contributed by atoms with E-state index < -0.39 is 16.0 Å². The van der Waals surface area contributed by atoms with Gasteiger partial charge in [-0.25, -0.2) is 13.2 Å². The van der Waals surface area contributed by atoms with Gasteiger partial charge in [0, 0.05) is 0 Å². The van der Waals surface area contributed by atoms with Crippen LogP contribution in [0.25, 0.3) is 0 Å². The molecule has 0 heterocycles. The summed E-state index contributed by atoms with van der Waals surface area (Å²) in [5.41, 5.74) is 1.92. The average Bonchev–Trinajstić information content (AvgIpc) is 2.54. The normalized spacial score (nSPS) is 11.8. The van der Waals surface area contributed by atoms with Crippen molar-refractivity contribution in [3.63, 3.8) is 0 Å². The first-order valence-corrected chi connectivity index (χ1v) is 9.60. The van der Waals surface area contributed by atoms with Crippen molar-refractivity contribution in [1.82, 2.24) is 0 Å². The Labute approximate surface area is 148 Å². The molecule has 0 amide bonds. The van der Waals surface area contributed by atoms with E-state index in [0.717, 1.165) is 5.56 Å². The molecule has 0 aliphatic heterocycles. The highest BCUT2D eigenvalue weighted by Crippen LogP contribution is 2.30. The van der Waals surface area contributed by atoms with Crippen LogP contribution < -0.4 is 4.72 Å². The Morgan fingerprint density at radius 3 is 2.12 bits per heavy atom. The first-order chi connectivity index (χ1) is 11.6. The van der Waals surface area contributed by atoms with Gasteiger partial charge in [0.25, 0.3) is 10.0 Å². The third-order valence-corrected chi connectivity index (χ3v) is 5.42. The summed E-state index contributed by atoms with van der Waals surface area (Å²) < 4.78 is 28.6. The number of aromatic carboxylic acids is 1. The number of carbonyl (C=O) groups is 1. The van der Waals surface area contributed by atoms with Gasteiger partial charge in [-0.1, -0.05) is 52.0 Å². The lowest BCUT2D eigenvalue weighted by Crippen LogP contribution is -2.17. The molecule has 0 atom stereocenters. The monoisotopic (exact) mass is 361 g/mol. The molecule has 25 heavy (non-hydrogen) atoms. The summed E-state index contributed by atoms with van der Waals surface area (Å²) in [7, 11) is -3.91. The molecule has 0 saturated heterocycles. The number of nitrogens with one attached hydrogen (secondary N) is 1. The van der Waals surface area contributed by atoms with E-state index in [0.29, 0.717) is 11.3 Å². The Bertz CT molecular complexity index is 886. The number of rotatable bonds is 6. The second kappa shape index (κ2) is 7.27. The van der Waals surface area contributed by atoms with Crippen LogP contribution in [0.1, 0.15) is 61.0 Å². The second-order valence-electron chi connectivity index (χ2n) is 6.56. The van der Waals surface area contributed by atoms with Crippen molar-refractivity contribution in [2.24, 2.45) is 0 Å². The summed E-state index contributed by atoms with van der Waals surface area (Å²) in [5.74, 6) is -1.07. The molecule has 0 spiro atoms. The van der Waals surface area contributed by atoms with Crippen molar-refractivity contribution in [3.05, 3.63) is 59.2 Å². The number of anilines is 1. The first-order valence-electron chi connectivity index (χ1n) is 8.12. The van der Waals surface area contributed by atoms with Crippen LogP contribution in [-0.4, -0.2) is 19.5 Å². The van der Waals surface area contributed by atoms with Gasteiger partial charge < -0.3 is 5.11 Å². The fourth-order valence-corrected chi connectivity index (χ4v) is 4.15. The third-order valence-electron chi connectivity index (χ3n) is 4.00. The molecule has 0 aliphatic rings. The highest BCUT2D eigenvalue weighted by Gasteiger charge is 2.23. The zero-order chi connectivity index (χ0) is 18.8. The van der Waals surface area contributed by atoms with Gasteiger partial charge in [-0.05, 0) is 41.2 Å². The molecule has 2 aromatic rings. The lowest BCUT2D eigenvalue weighted by atomic mass is 10.0. The number of carboxylic acid groups (broad SMARTS) is 1. The van der Waals surface area contributed by atoms with Gasteiger partial charge in [-0.3, -0.25) is 4.72 Å². The predicted octanol–water partition coefficient (Wildman–Crippen LogP) is 4.43. The fraction of sp³-hybridized carbons (Fsp3) is 0.316. The molecule has 0 aromatic heterocycles. The summed E-state index contributed by atoms with van der Waals surface area (Å²) in [6.45, 7) is 7.71. The molecule has 0 radical (unpaired) electrons. The van der Waals surface area contributed by atoms with Gasteiger partial charge in [0.15, 0.2) is 0 Å². The van der Waals surface area contributed by atoms with Crippen molar-refractivity contribution in [3.8, 4) is 0 Å². The molecular weight excluding hydrogens is 338 g/mol. The Morgan fingerprint density at radius 1 is 0.960 bits per heavy atom. The van der Waals surface area contributed by atoms with Gasteiger partial charge in [0.1, 0.15) is 0 Å². The quantitative estimate of drug-likeness (QED) is 0.797. The van der Waals surface area contributed by atoms with Crippen LogP contribution in [0, 0.1) is 0 Å². The largest absolute Gasteiger partial charge is 0.478 e. The summed E-state index contributed by atoms with van der Waals surface area (Å²) in [4.78, 5) is 11.2. The maximum absolute atomic E-state index is 13.0. The van der Waals surface area contributed by atoms with Crippen LogP contribution >= 0.6 is 0 Å². The van der Waals surface area contributed by atoms with Crippen molar-refractivity contribution in [1.29, 1.82) is 0 Å². The highest BCUT2D eigenvalue weighted by molar-refractivity contribution is 7.92. The maximum atomic E-state index is 13.0. The Hall–Kier alpha value is -2.34. The molecule has 0 aliphatic carbocycles. The topological polar surface area (TPSA) is 83.5 Å². The number of benzene rings is 2. The van der Waals surface area contributed by atoms with Gasteiger partial charge in [-0.2, -0.15) is 0 Å². The van der Waals surface area contributed by atoms with E-state index in [1.54, 1.807) is 18.2 Å². The molecule has 6 heteroatoms. The predicted molar refractivity (Wildman–Crippen MR) is 98.8 cm³/mol. The van der Waals surface area contributed by atoms with E-state index >= 15 is 0 Å². The Morgan fingerprint density at radius 2 is 1.56 bits per heavy atom. The third kappa shape index (κ3) is 4.20. The molecule has 0 bridgehead atoms. The Balaban J connectivity index is 2.56. The van der Waals surface area contributed by atoms with Crippen LogP contribution in [0.15, 0.2) is 47.4 Å². The molecule has 2 aromatic carbocycles. The Kier molecular flexibility index (Phi) is 5.52. The number of sulfonamides is 1. The minimum Gasteiger partial charge on any atom is -0.478 e. The second-order valence-corrected chi connectivity index (χ2v) is 8.21. The standard InChI is InChI=1S/C19H23NO4S/c1-12(2)15-7-5-6-8-17(15)20-25(23,24)18-11-14(19(21)22)9-10-16(18)13(3)4/h5-13,20H,1-4H3,(H,21,22). The first kappa shape index (κ1) is 19.0. The lowest BCUT2D eigenvalue weighted by Gasteiger charge is -2.18. The molecule has 0 fully saturated rings. The van der Waals surface area contributed by atoms with Gasteiger partial charge >= 0.3 is 5.97 Å². The van der Waals surface area contributed by atoms with Gasteiger partial charge in [0.05, 0.1) is 16.1 Å². The summed E-state index contributed by atoms with van der Waals surface area (Å²) in [5, 5.41) is 9.20. The molecule has 0 saturated carbocycles. The van der Waals surface area contributed by atoms with Crippen molar-refractivity contribution < 1.29 is 18.3 Å². The van der Waals surface area contributed by atoms with Crippen molar-refractivity contribution in [2.75, 3.05) is 4.72 Å². The fourth-order valence-electron chi connectivity index (χ4n) is 2.67. The van der Waals surface area contributed by atoms with Crippen molar-refractivity contribution >= 4 is 21.7 Å². The molecule has 134 valence electrons. The van der Waals surface area contributed by atoms with Crippen molar-refractivity contribution in [2.45, 2.75) is 44.4 Å². The molecule has 5 nitrogen and oxygen atoms in total. The highest BCUT2D eigenvalue weighted by atomic mass is 32.2. The van der Waals surface area contributed by atoms with E-state index in [4.69, 9.17) is 0 Å².